The SMILES string of the molecule is Cc1ccc(-c2n[nH]c(=S)n2/N=C\c2ccc(OCC(=O)[O-])cc2)cc1. The van der Waals surface area contributed by atoms with Crippen molar-refractivity contribution in [2.45, 2.75) is 6.92 Å². The number of carbonyl (C=O) groups excluding carboxylic acids is 1. The number of carboxylic acids is 1. The molecule has 1 aromatic heterocycles. The lowest BCUT2D eigenvalue weighted by atomic mass is 10.1. The maximum atomic E-state index is 10.4. The van der Waals surface area contributed by atoms with Crippen LogP contribution in [0.3, 0.4) is 0 Å². The molecular formula is C18H15N4O3S-. The van der Waals surface area contributed by atoms with E-state index in [-0.39, 0.29) is 0 Å². The van der Waals surface area contributed by atoms with Crippen molar-refractivity contribution < 1.29 is 14.6 Å². The average Bonchev–Trinajstić information content (AvgIpc) is 3.00. The molecule has 0 atom stereocenters. The van der Waals surface area contributed by atoms with Gasteiger partial charge < -0.3 is 14.6 Å². The molecular weight excluding hydrogens is 352 g/mol. The Kier molecular flexibility index (Phi) is 5.23. The first-order valence-electron chi connectivity index (χ1n) is 7.74. The van der Waals surface area contributed by atoms with E-state index in [1.165, 1.54) is 0 Å². The lowest BCUT2D eigenvalue weighted by Crippen LogP contribution is -2.28. The van der Waals surface area contributed by atoms with E-state index < -0.39 is 12.6 Å². The van der Waals surface area contributed by atoms with Crippen LogP contribution in [0, 0.1) is 11.7 Å². The predicted molar refractivity (Wildman–Crippen MR) is 97.5 cm³/mol. The number of ether oxygens (including phenoxy) is 1. The van der Waals surface area contributed by atoms with E-state index in [0.717, 1.165) is 16.7 Å². The number of aliphatic carboxylic acids is 1. The van der Waals surface area contributed by atoms with E-state index in [1.807, 2.05) is 31.2 Å². The number of carbonyl (C=O) groups is 1. The van der Waals surface area contributed by atoms with Crippen molar-refractivity contribution in [2.75, 3.05) is 6.61 Å². The maximum absolute atomic E-state index is 10.4. The second-order valence-corrected chi connectivity index (χ2v) is 5.89. The van der Waals surface area contributed by atoms with Crippen molar-refractivity contribution in [1.82, 2.24) is 14.9 Å². The van der Waals surface area contributed by atoms with Gasteiger partial charge in [-0.3, -0.25) is 0 Å². The second kappa shape index (κ2) is 7.75. The van der Waals surface area contributed by atoms with Gasteiger partial charge in [-0.1, -0.05) is 29.8 Å². The Morgan fingerprint density at radius 3 is 2.62 bits per heavy atom. The van der Waals surface area contributed by atoms with Gasteiger partial charge in [0.2, 0.25) is 4.77 Å². The molecule has 7 nitrogen and oxygen atoms in total. The average molecular weight is 367 g/mol. The highest BCUT2D eigenvalue weighted by Gasteiger charge is 2.07. The third kappa shape index (κ3) is 4.22. The van der Waals surface area contributed by atoms with Gasteiger partial charge in [-0.25, -0.2) is 5.10 Å². The normalized spacial score (nSPS) is 11.0. The molecule has 0 aliphatic heterocycles. The Morgan fingerprint density at radius 1 is 1.27 bits per heavy atom. The van der Waals surface area contributed by atoms with Crippen LogP contribution in [0.4, 0.5) is 0 Å². The first-order valence-corrected chi connectivity index (χ1v) is 8.15. The van der Waals surface area contributed by atoms with Crippen molar-refractivity contribution in [3.63, 3.8) is 0 Å². The zero-order valence-corrected chi connectivity index (χ0v) is 14.7. The number of nitrogens with one attached hydrogen (secondary N) is 1. The fraction of sp³-hybridized carbons (Fsp3) is 0.111. The molecule has 8 heteroatoms. The number of nitrogens with zero attached hydrogens (tertiary/aromatic N) is 3. The molecule has 3 rings (SSSR count). The Bertz CT molecular complexity index is 989. The summed E-state index contributed by atoms with van der Waals surface area (Å²) in [6.45, 7) is 1.52. The molecule has 1 N–H and O–H groups in total. The van der Waals surface area contributed by atoms with Crippen LogP contribution >= 0.6 is 12.2 Å². The van der Waals surface area contributed by atoms with E-state index in [9.17, 15) is 9.90 Å². The summed E-state index contributed by atoms with van der Waals surface area (Å²) in [7, 11) is 0. The summed E-state index contributed by atoms with van der Waals surface area (Å²) in [6.07, 6.45) is 1.63. The van der Waals surface area contributed by atoms with Crippen molar-refractivity contribution in [1.29, 1.82) is 0 Å². The van der Waals surface area contributed by atoms with Gasteiger partial charge in [0.1, 0.15) is 12.4 Å². The first-order chi connectivity index (χ1) is 12.5. The summed E-state index contributed by atoms with van der Waals surface area (Å²) in [4.78, 5) is 10.4. The molecule has 2 aromatic carbocycles. The van der Waals surface area contributed by atoms with E-state index in [1.54, 1.807) is 35.2 Å². The van der Waals surface area contributed by atoms with Gasteiger partial charge in [-0.15, -0.1) is 0 Å². The van der Waals surface area contributed by atoms with E-state index in [0.29, 0.717) is 16.3 Å². The zero-order valence-electron chi connectivity index (χ0n) is 13.9. The van der Waals surface area contributed by atoms with Gasteiger partial charge >= 0.3 is 0 Å². The fourth-order valence-corrected chi connectivity index (χ4v) is 2.38. The summed E-state index contributed by atoms with van der Waals surface area (Å²) in [5, 5.41) is 21.8. The third-order valence-corrected chi connectivity index (χ3v) is 3.78. The lowest BCUT2D eigenvalue weighted by molar-refractivity contribution is -0.307. The Labute approximate surface area is 154 Å². The van der Waals surface area contributed by atoms with Gasteiger partial charge in [0.15, 0.2) is 5.82 Å². The highest BCUT2D eigenvalue weighted by molar-refractivity contribution is 7.71. The van der Waals surface area contributed by atoms with Crippen molar-refractivity contribution in [2.24, 2.45) is 5.10 Å². The smallest absolute Gasteiger partial charge is 0.216 e. The summed E-state index contributed by atoms with van der Waals surface area (Å²) < 4.78 is 6.96. The molecule has 1 heterocycles. The van der Waals surface area contributed by atoms with Crippen molar-refractivity contribution in [3.05, 3.63) is 64.4 Å². The number of rotatable bonds is 6. The molecule has 3 aromatic rings. The van der Waals surface area contributed by atoms with Gasteiger partial charge in [0, 0.05) is 5.56 Å². The van der Waals surface area contributed by atoms with Crippen LogP contribution in [0.15, 0.2) is 53.6 Å². The number of aromatic nitrogens is 3. The van der Waals surface area contributed by atoms with Crippen LogP contribution in [0.5, 0.6) is 5.75 Å². The summed E-state index contributed by atoms with van der Waals surface area (Å²) >= 11 is 5.24. The predicted octanol–water partition coefficient (Wildman–Crippen LogP) is 1.93. The molecule has 0 aliphatic carbocycles. The monoisotopic (exact) mass is 367 g/mol. The van der Waals surface area contributed by atoms with Crippen molar-refractivity contribution >= 4 is 24.4 Å². The van der Waals surface area contributed by atoms with Gasteiger partial charge in [-0.2, -0.15) is 14.9 Å². The molecule has 0 fully saturated rings. The number of benzene rings is 2. The molecule has 0 spiro atoms. The highest BCUT2D eigenvalue weighted by atomic mass is 32.1. The topological polar surface area (TPSA) is 95.3 Å². The van der Waals surface area contributed by atoms with Gasteiger partial charge in [0.25, 0.3) is 0 Å². The Balaban J connectivity index is 1.80. The Hall–Kier alpha value is -3.26. The van der Waals surface area contributed by atoms with Gasteiger partial charge in [0.05, 0.1) is 12.2 Å². The minimum atomic E-state index is -1.27. The van der Waals surface area contributed by atoms with Crippen LogP contribution in [0.2, 0.25) is 0 Å². The van der Waals surface area contributed by atoms with E-state index in [2.05, 4.69) is 15.3 Å². The summed E-state index contributed by atoms with van der Waals surface area (Å²) in [5.41, 5.74) is 2.84. The molecule has 0 saturated heterocycles. The van der Waals surface area contributed by atoms with Gasteiger partial charge in [-0.05, 0) is 49.0 Å². The fourth-order valence-electron chi connectivity index (χ4n) is 2.21. The Morgan fingerprint density at radius 2 is 1.96 bits per heavy atom. The number of carboxylic acid groups (broad SMARTS) is 1. The second-order valence-electron chi connectivity index (χ2n) is 5.50. The van der Waals surface area contributed by atoms with E-state index in [4.69, 9.17) is 17.0 Å². The quantitative estimate of drug-likeness (QED) is 0.530. The molecule has 132 valence electrons. The van der Waals surface area contributed by atoms with Crippen LogP contribution < -0.4 is 9.84 Å². The molecule has 0 unspecified atom stereocenters. The largest absolute Gasteiger partial charge is 0.546 e. The van der Waals surface area contributed by atoms with Crippen LogP contribution in [0.1, 0.15) is 11.1 Å². The number of hydrogen-bond acceptors (Lipinski definition) is 6. The maximum Gasteiger partial charge on any atom is 0.216 e. The highest BCUT2D eigenvalue weighted by Crippen LogP contribution is 2.18. The number of aromatic amines is 1. The standard InChI is InChI=1S/C18H16N4O3S/c1-12-2-6-14(7-3-12)17-20-21-18(26)22(17)19-10-13-4-8-15(9-5-13)25-11-16(23)24/h2-10H,11H2,1H3,(H,21,26)(H,23,24)/p-1/b19-10-. The lowest BCUT2D eigenvalue weighted by Gasteiger charge is -2.06. The molecule has 0 bridgehead atoms. The van der Waals surface area contributed by atoms with Crippen LogP contribution in [-0.2, 0) is 4.79 Å². The number of aryl methyl sites for hydroxylation is 1. The van der Waals surface area contributed by atoms with Crippen molar-refractivity contribution in [3.8, 4) is 17.1 Å². The summed E-state index contributed by atoms with van der Waals surface area (Å²) in [5.74, 6) is -0.222. The molecule has 0 radical (unpaired) electrons. The first kappa shape index (κ1) is 17.6. The zero-order chi connectivity index (χ0) is 18.5. The molecule has 26 heavy (non-hydrogen) atoms. The number of H-pyrrole nitrogens is 1. The van der Waals surface area contributed by atoms with E-state index >= 15 is 0 Å². The molecule has 0 amide bonds. The van der Waals surface area contributed by atoms with Crippen LogP contribution in [-0.4, -0.2) is 33.7 Å². The summed E-state index contributed by atoms with van der Waals surface area (Å²) in [6, 6.07) is 14.7. The molecule has 0 saturated carbocycles. The minimum Gasteiger partial charge on any atom is -0.546 e. The number of hydrogen-bond donors (Lipinski definition) is 1. The molecule has 0 aliphatic rings. The van der Waals surface area contributed by atoms with Crippen LogP contribution in [0.25, 0.3) is 11.4 Å². The third-order valence-electron chi connectivity index (χ3n) is 3.52. The minimum absolute atomic E-state index is 0.380.